The van der Waals surface area contributed by atoms with Gasteiger partial charge in [-0.3, -0.25) is 0 Å². The Balaban J connectivity index is 2.10. The van der Waals surface area contributed by atoms with E-state index < -0.39 is 0 Å². The van der Waals surface area contributed by atoms with Crippen LogP contribution in [0.25, 0.3) is 0 Å². The average molecular weight is 271 g/mol. The summed E-state index contributed by atoms with van der Waals surface area (Å²) in [5.74, 6) is 0.0491. The van der Waals surface area contributed by atoms with Crippen LogP contribution in [-0.4, -0.2) is 0 Å². The lowest BCUT2D eigenvalue weighted by molar-refractivity contribution is 0.306. The molecule has 0 amide bonds. The van der Waals surface area contributed by atoms with Crippen molar-refractivity contribution in [3.8, 4) is 5.75 Å². The molecule has 0 saturated heterocycles. The number of ether oxygens (including phenoxy) is 1. The lowest BCUT2D eigenvalue weighted by Gasteiger charge is -2.09. The van der Waals surface area contributed by atoms with Gasteiger partial charge in [-0.2, -0.15) is 0 Å². The summed E-state index contributed by atoms with van der Waals surface area (Å²) in [6.07, 6.45) is 0. The van der Waals surface area contributed by atoms with Gasteiger partial charge >= 0.3 is 0 Å². The van der Waals surface area contributed by atoms with Crippen LogP contribution in [0.1, 0.15) is 5.56 Å². The first-order chi connectivity index (χ1) is 8.16. The third-order valence-electron chi connectivity index (χ3n) is 2.23. The fourth-order valence-corrected chi connectivity index (χ4v) is 1.78. The van der Waals surface area contributed by atoms with E-state index in [-0.39, 0.29) is 10.8 Å². The smallest absolute Gasteiger partial charge is 0.138 e. The van der Waals surface area contributed by atoms with E-state index in [1.165, 1.54) is 18.2 Å². The molecule has 0 radical (unpaired) electrons. The summed E-state index contributed by atoms with van der Waals surface area (Å²) >= 11 is 11.8. The van der Waals surface area contributed by atoms with Crippen molar-refractivity contribution < 1.29 is 9.13 Å². The van der Waals surface area contributed by atoms with Gasteiger partial charge < -0.3 is 4.74 Å². The van der Waals surface area contributed by atoms with Gasteiger partial charge in [0.15, 0.2) is 0 Å². The zero-order chi connectivity index (χ0) is 12.3. The molecule has 0 aliphatic rings. The monoisotopic (exact) mass is 270 g/mol. The van der Waals surface area contributed by atoms with Crippen LogP contribution >= 0.6 is 23.2 Å². The standard InChI is InChI=1S/C13H9Cl2FO/c14-11-4-2-1-3-9(11)8-17-13-6-5-10(16)7-12(13)15/h1-7H,8H2. The van der Waals surface area contributed by atoms with E-state index in [9.17, 15) is 4.39 Å². The zero-order valence-corrected chi connectivity index (χ0v) is 10.3. The van der Waals surface area contributed by atoms with Gasteiger partial charge in [0, 0.05) is 10.6 Å². The lowest BCUT2D eigenvalue weighted by Crippen LogP contribution is -1.96. The Labute approximate surface area is 109 Å². The van der Waals surface area contributed by atoms with E-state index in [1.54, 1.807) is 6.07 Å². The third-order valence-corrected chi connectivity index (χ3v) is 2.90. The first-order valence-corrected chi connectivity index (χ1v) is 5.73. The third kappa shape index (κ3) is 3.11. The van der Waals surface area contributed by atoms with E-state index in [0.29, 0.717) is 17.4 Å². The van der Waals surface area contributed by atoms with Crippen LogP contribution in [0.4, 0.5) is 4.39 Å². The van der Waals surface area contributed by atoms with Crippen molar-refractivity contribution in [3.63, 3.8) is 0 Å². The Kier molecular flexibility index (Phi) is 3.87. The largest absolute Gasteiger partial charge is 0.487 e. The minimum atomic E-state index is -0.389. The van der Waals surface area contributed by atoms with E-state index in [1.807, 2.05) is 18.2 Å². The first kappa shape index (κ1) is 12.2. The maximum absolute atomic E-state index is 12.8. The number of benzene rings is 2. The molecule has 2 rings (SSSR count). The van der Waals surface area contributed by atoms with Crippen LogP contribution in [0.5, 0.6) is 5.75 Å². The minimum Gasteiger partial charge on any atom is -0.487 e. The highest BCUT2D eigenvalue weighted by Gasteiger charge is 2.05. The predicted molar refractivity (Wildman–Crippen MR) is 67.2 cm³/mol. The molecular formula is C13H9Cl2FO. The molecule has 0 saturated carbocycles. The molecule has 0 aliphatic carbocycles. The van der Waals surface area contributed by atoms with Crippen LogP contribution in [0.3, 0.4) is 0 Å². The zero-order valence-electron chi connectivity index (χ0n) is 8.79. The molecule has 0 heterocycles. The van der Waals surface area contributed by atoms with Crippen LogP contribution < -0.4 is 4.74 Å². The molecule has 0 bridgehead atoms. The molecule has 0 atom stereocenters. The summed E-state index contributed by atoms with van der Waals surface area (Å²) in [5, 5.41) is 0.878. The molecule has 0 aliphatic heterocycles. The van der Waals surface area contributed by atoms with Gasteiger partial charge in [0.05, 0.1) is 5.02 Å². The Morgan fingerprint density at radius 1 is 1.00 bits per heavy atom. The SMILES string of the molecule is Fc1ccc(OCc2ccccc2Cl)c(Cl)c1. The number of rotatable bonds is 3. The Hall–Kier alpha value is -1.25. The van der Waals surface area contributed by atoms with E-state index in [4.69, 9.17) is 27.9 Å². The van der Waals surface area contributed by atoms with Crippen LogP contribution in [0, 0.1) is 5.82 Å². The summed E-state index contributed by atoms with van der Waals surface area (Å²) in [6, 6.07) is 11.4. The second kappa shape index (κ2) is 5.39. The highest BCUT2D eigenvalue weighted by molar-refractivity contribution is 6.32. The molecule has 2 aromatic rings. The van der Waals surface area contributed by atoms with Gasteiger partial charge in [0.25, 0.3) is 0 Å². The van der Waals surface area contributed by atoms with Crippen LogP contribution in [0.2, 0.25) is 10.0 Å². The Morgan fingerprint density at radius 2 is 1.76 bits per heavy atom. The molecular weight excluding hydrogens is 262 g/mol. The molecule has 4 heteroatoms. The highest BCUT2D eigenvalue weighted by Crippen LogP contribution is 2.26. The van der Waals surface area contributed by atoms with Crippen molar-refractivity contribution in [2.75, 3.05) is 0 Å². The van der Waals surface area contributed by atoms with Crippen molar-refractivity contribution in [1.29, 1.82) is 0 Å². The van der Waals surface area contributed by atoms with Crippen LogP contribution in [-0.2, 0) is 6.61 Å². The molecule has 0 spiro atoms. The summed E-state index contributed by atoms with van der Waals surface area (Å²) in [6.45, 7) is 0.297. The normalized spacial score (nSPS) is 10.3. The number of halogens is 3. The fraction of sp³-hybridized carbons (Fsp3) is 0.0769. The van der Waals surface area contributed by atoms with Gasteiger partial charge in [0.2, 0.25) is 0 Å². The van der Waals surface area contributed by atoms with E-state index in [0.717, 1.165) is 5.56 Å². The van der Waals surface area contributed by atoms with Crippen molar-refractivity contribution in [2.24, 2.45) is 0 Å². The highest BCUT2D eigenvalue weighted by atomic mass is 35.5. The second-order valence-electron chi connectivity index (χ2n) is 3.45. The maximum atomic E-state index is 12.8. The maximum Gasteiger partial charge on any atom is 0.138 e. The molecule has 0 fully saturated rings. The Morgan fingerprint density at radius 3 is 2.47 bits per heavy atom. The van der Waals surface area contributed by atoms with E-state index >= 15 is 0 Å². The van der Waals surface area contributed by atoms with Crippen molar-refractivity contribution >= 4 is 23.2 Å². The van der Waals surface area contributed by atoms with Gasteiger partial charge in [-0.05, 0) is 24.3 Å². The molecule has 17 heavy (non-hydrogen) atoms. The van der Waals surface area contributed by atoms with Gasteiger partial charge in [-0.15, -0.1) is 0 Å². The fourth-order valence-electron chi connectivity index (χ4n) is 1.36. The van der Waals surface area contributed by atoms with Crippen molar-refractivity contribution in [3.05, 3.63) is 63.9 Å². The predicted octanol–water partition coefficient (Wildman–Crippen LogP) is 4.71. The van der Waals surface area contributed by atoms with Crippen LogP contribution in [0.15, 0.2) is 42.5 Å². The van der Waals surface area contributed by atoms with Gasteiger partial charge in [-0.25, -0.2) is 4.39 Å². The van der Waals surface area contributed by atoms with Gasteiger partial charge in [-0.1, -0.05) is 41.4 Å². The van der Waals surface area contributed by atoms with Gasteiger partial charge in [0.1, 0.15) is 18.2 Å². The summed E-state index contributed by atoms with van der Waals surface area (Å²) in [4.78, 5) is 0. The summed E-state index contributed by atoms with van der Waals surface area (Å²) in [5.41, 5.74) is 0.856. The molecule has 0 N–H and O–H groups in total. The summed E-state index contributed by atoms with van der Waals surface area (Å²) < 4.78 is 18.3. The quantitative estimate of drug-likeness (QED) is 0.785. The van der Waals surface area contributed by atoms with Crippen molar-refractivity contribution in [2.45, 2.75) is 6.61 Å². The molecule has 0 aromatic heterocycles. The number of hydrogen-bond acceptors (Lipinski definition) is 1. The molecule has 0 unspecified atom stereocenters. The van der Waals surface area contributed by atoms with Crippen molar-refractivity contribution in [1.82, 2.24) is 0 Å². The molecule has 2 aromatic carbocycles. The second-order valence-corrected chi connectivity index (χ2v) is 4.27. The molecule has 1 nitrogen and oxygen atoms in total. The Bertz CT molecular complexity index is 529. The summed E-state index contributed by atoms with van der Waals surface area (Å²) in [7, 11) is 0. The van der Waals surface area contributed by atoms with E-state index in [2.05, 4.69) is 0 Å². The first-order valence-electron chi connectivity index (χ1n) is 4.98. The lowest BCUT2D eigenvalue weighted by atomic mass is 10.2. The minimum absolute atomic E-state index is 0.247. The molecule has 88 valence electrons. The number of hydrogen-bond donors (Lipinski definition) is 0. The average Bonchev–Trinajstić information content (AvgIpc) is 2.30. The topological polar surface area (TPSA) is 9.23 Å².